The van der Waals surface area contributed by atoms with Crippen LogP contribution < -0.4 is 0 Å². The minimum absolute atomic E-state index is 0.0523. The van der Waals surface area contributed by atoms with Crippen LogP contribution in [0, 0.1) is 0 Å². The van der Waals surface area contributed by atoms with Crippen LogP contribution in [0.4, 0.5) is 0 Å². The SMILES string of the molecule is COCCOCCOC(=O)CCCCC(=O)OCCOCCO. The predicted octanol–water partition coefficient (Wildman–Crippen LogP) is 0.305. The number of carbonyl (C=O) groups excluding carboxylic acids is 2. The van der Waals surface area contributed by atoms with Crippen molar-refractivity contribution in [2.75, 3.05) is 60.0 Å². The fraction of sp³-hybridized carbons (Fsp3) is 0.867. The summed E-state index contributed by atoms with van der Waals surface area (Å²) in [5.41, 5.74) is 0. The molecule has 0 unspecified atom stereocenters. The molecule has 23 heavy (non-hydrogen) atoms. The van der Waals surface area contributed by atoms with E-state index in [0.717, 1.165) is 0 Å². The quantitative estimate of drug-likeness (QED) is 0.317. The van der Waals surface area contributed by atoms with Crippen LogP contribution in [0.2, 0.25) is 0 Å². The van der Waals surface area contributed by atoms with Crippen molar-refractivity contribution in [1.82, 2.24) is 0 Å². The largest absolute Gasteiger partial charge is 0.463 e. The van der Waals surface area contributed by atoms with Gasteiger partial charge in [-0.05, 0) is 12.8 Å². The molecule has 0 heterocycles. The van der Waals surface area contributed by atoms with Gasteiger partial charge in [0.15, 0.2) is 0 Å². The lowest BCUT2D eigenvalue weighted by atomic mass is 10.2. The maximum atomic E-state index is 11.4. The second kappa shape index (κ2) is 17.1. The van der Waals surface area contributed by atoms with Gasteiger partial charge >= 0.3 is 11.9 Å². The molecule has 0 aliphatic carbocycles. The first kappa shape index (κ1) is 21.8. The van der Waals surface area contributed by atoms with Crippen molar-refractivity contribution in [2.24, 2.45) is 0 Å². The number of rotatable bonds is 16. The molecule has 1 N–H and O–H groups in total. The summed E-state index contributed by atoms with van der Waals surface area (Å²) >= 11 is 0. The molecule has 0 aliphatic heterocycles. The van der Waals surface area contributed by atoms with Crippen molar-refractivity contribution in [3.05, 3.63) is 0 Å². The Morgan fingerprint density at radius 3 is 1.70 bits per heavy atom. The predicted molar refractivity (Wildman–Crippen MR) is 81.0 cm³/mol. The average Bonchev–Trinajstić information content (AvgIpc) is 2.54. The van der Waals surface area contributed by atoms with Crippen LogP contribution in [0.5, 0.6) is 0 Å². The van der Waals surface area contributed by atoms with Crippen molar-refractivity contribution in [1.29, 1.82) is 0 Å². The fourth-order valence-electron chi connectivity index (χ4n) is 1.52. The Labute approximate surface area is 137 Å². The molecule has 0 atom stereocenters. The van der Waals surface area contributed by atoms with Gasteiger partial charge in [-0.15, -0.1) is 0 Å². The van der Waals surface area contributed by atoms with Gasteiger partial charge in [0.05, 0.1) is 39.6 Å². The van der Waals surface area contributed by atoms with E-state index in [0.29, 0.717) is 32.7 Å². The molecule has 0 saturated carbocycles. The van der Waals surface area contributed by atoms with Crippen LogP contribution in [0.3, 0.4) is 0 Å². The van der Waals surface area contributed by atoms with Crippen LogP contribution in [-0.4, -0.2) is 77.0 Å². The lowest BCUT2D eigenvalue weighted by molar-refractivity contribution is -0.147. The second-order valence-corrected chi connectivity index (χ2v) is 4.59. The Hall–Kier alpha value is -1.22. The third-order valence-electron chi connectivity index (χ3n) is 2.66. The van der Waals surface area contributed by atoms with E-state index in [1.54, 1.807) is 7.11 Å². The van der Waals surface area contributed by atoms with Gasteiger partial charge in [-0.2, -0.15) is 0 Å². The first-order valence-electron chi connectivity index (χ1n) is 7.77. The van der Waals surface area contributed by atoms with E-state index in [2.05, 4.69) is 0 Å². The Balaban J connectivity index is 3.32. The first-order valence-corrected chi connectivity index (χ1v) is 7.77. The highest BCUT2D eigenvalue weighted by molar-refractivity contribution is 5.70. The Kier molecular flexibility index (Phi) is 16.2. The van der Waals surface area contributed by atoms with Crippen LogP contribution in [0.1, 0.15) is 25.7 Å². The minimum Gasteiger partial charge on any atom is -0.463 e. The zero-order valence-electron chi connectivity index (χ0n) is 13.8. The zero-order chi connectivity index (χ0) is 17.2. The molecular formula is C15H28O8. The summed E-state index contributed by atoms with van der Waals surface area (Å²) in [4.78, 5) is 22.7. The zero-order valence-corrected chi connectivity index (χ0v) is 13.8. The van der Waals surface area contributed by atoms with Crippen molar-refractivity contribution < 1.29 is 38.4 Å². The van der Waals surface area contributed by atoms with E-state index in [9.17, 15) is 9.59 Å². The normalized spacial score (nSPS) is 10.5. The highest BCUT2D eigenvalue weighted by Crippen LogP contribution is 2.03. The van der Waals surface area contributed by atoms with Gasteiger partial charge in [-0.25, -0.2) is 0 Å². The fourth-order valence-corrected chi connectivity index (χ4v) is 1.52. The lowest BCUT2D eigenvalue weighted by Gasteiger charge is -2.06. The van der Waals surface area contributed by atoms with Gasteiger partial charge in [0, 0.05) is 20.0 Å². The molecule has 0 spiro atoms. The Morgan fingerprint density at radius 2 is 1.22 bits per heavy atom. The minimum atomic E-state index is -0.322. The van der Waals surface area contributed by atoms with Gasteiger partial charge in [0.1, 0.15) is 13.2 Å². The number of hydrogen-bond acceptors (Lipinski definition) is 8. The van der Waals surface area contributed by atoms with Gasteiger partial charge in [0.2, 0.25) is 0 Å². The summed E-state index contributed by atoms with van der Waals surface area (Å²) < 4.78 is 24.8. The third-order valence-corrected chi connectivity index (χ3v) is 2.66. The van der Waals surface area contributed by atoms with Crippen LogP contribution in [-0.2, 0) is 33.3 Å². The summed E-state index contributed by atoms with van der Waals surface area (Å²) in [6.45, 7) is 2.17. The number of aliphatic hydroxyl groups is 1. The molecule has 0 bridgehead atoms. The number of ether oxygens (including phenoxy) is 5. The number of methoxy groups -OCH3 is 1. The molecule has 0 rings (SSSR count). The van der Waals surface area contributed by atoms with Crippen molar-refractivity contribution >= 4 is 11.9 Å². The van der Waals surface area contributed by atoms with Crippen LogP contribution in [0.15, 0.2) is 0 Å². The molecule has 0 saturated heterocycles. The van der Waals surface area contributed by atoms with Gasteiger partial charge in [-0.1, -0.05) is 0 Å². The van der Waals surface area contributed by atoms with E-state index in [1.807, 2.05) is 0 Å². The molecular weight excluding hydrogens is 308 g/mol. The van der Waals surface area contributed by atoms with Crippen LogP contribution in [0.25, 0.3) is 0 Å². The molecule has 8 nitrogen and oxygen atoms in total. The molecule has 0 fully saturated rings. The first-order chi connectivity index (χ1) is 11.2. The van der Waals surface area contributed by atoms with Gasteiger partial charge in [0.25, 0.3) is 0 Å². The molecule has 136 valence electrons. The van der Waals surface area contributed by atoms with Gasteiger partial charge < -0.3 is 28.8 Å². The second-order valence-electron chi connectivity index (χ2n) is 4.59. The molecule has 0 aromatic heterocycles. The van der Waals surface area contributed by atoms with Crippen LogP contribution >= 0.6 is 0 Å². The molecule has 0 amide bonds. The number of esters is 2. The average molecular weight is 336 g/mol. The van der Waals surface area contributed by atoms with E-state index < -0.39 is 0 Å². The molecule has 0 aromatic rings. The highest BCUT2D eigenvalue weighted by Gasteiger charge is 2.06. The molecule has 0 aromatic carbocycles. The maximum Gasteiger partial charge on any atom is 0.305 e. The molecule has 0 aliphatic rings. The standard InChI is InChI=1S/C15H28O8/c1-19-8-9-21-11-13-23-15(18)5-3-2-4-14(17)22-12-10-20-7-6-16/h16H,2-13H2,1H3. The topological polar surface area (TPSA) is 101 Å². The molecule has 8 heteroatoms. The maximum absolute atomic E-state index is 11.4. The number of hydrogen-bond donors (Lipinski definition) is 1. The summed E-state index contributed by atoms with van der Waals surface area (Å²) in [5.74, 6) is -0.622. The number of unbranched alkanes of at least 4 members (excludes halogenated alkanes) is 1. The van der Waals surface area contributed by atoms with E-state index in [4.69, 9.17) is 28.8 Å². The number of aliphatic hydroxyl groups excluding tert-OH is 1. The lowest BCUT2D eigenvalue weighted by Crippen LogP contribution is -2.13. The highest BCUT2D eigenvalue weighted by atomic mass is 16.6. The van der Waals surface area contributed by atoms with Crippen molar-refractivity contribution in [3.8, 4) is 0 Å². The van der Waals surface area contributed by atoms with E-state index in [-0.39, 0.29) is 57.8 Å². The number of carbonyl (C=O) groups is 2. The summed E-state index contributed by atoms with van der Waals surface area (Å²) in [6, 6.07) is 0. The summed E-state index contributed by atoms with van der Waals surface area (Å²) in [6.07, 6.45) is 1.66. The smallest absolute Gasteiger partial charge is 0.305 e. The van der Waals surface area contributed by atoms with Crippen molar-refractivity contribution in [3.63, 3.8) is 0 Å². The monoisotopic (exact) mass is 336 g/mol. The third kappa shape index (κ3) is 17.0. The summed E-state index contributed by atoms with van der Waals surface area (Å²) in [7, 11) is 1.59. The Morgan fingerprint density at radius 1 is 0.739 bits per heavy atom. The molecule has 0 radical (unpaired) electrons. The summed E-state index contributed by atoms with van der Waals surface area (Å²) in [5, 5.41) is 8.48. The van der Waals surface area contributed by atoms with Gasteiger partial charge in [-0.3, -0.25) is 9.59 Å². The van der Waals surface area contributed by atoms with E-state index >= 15 is 0 Å². The van der Waals surface area contributed by atoms with Crippen molar-refractivity contribution in [2.45, 2.75) is 25.7 Å². The Bertz CT molecular complexity index is 295. The van der Waals surface area contributed by atoms with E-state index in [1.165, 1.54) is 0 Å².